The number of aromatic nitrogens is 2. The lowest BCUT2D eigenvalue weighted by Crippen LogP contribution is -2.53. The average molecular weight is 470 g/mol. The molecule has 9 heteroatoms. The Morgan fingerprint density at radius 2 is 1.78 bits per heavy atom. The van der Waals surface area contributed by atoms with Crippen LogP contribution in [0.3, 0.4) is 0 Å². The van der Waals surface area contributed by atoms with Gasteiger partial charge in [0.15, 0.2) is 5.13 Å². The number of hydrogen-bond donors (Lipinski definition) is 0. The number of carbonyl (C=O) groups is 2. The summed E-state index contributed by atoms with van der Waals surface area (Å²) in [4.78, 5) is 42.1. The summed E-state index contributed by atoms with van der Waals surface area (Å²) >= 11 is 7.53. The van der Waals surface area contributed by atoms with E-state index in [0.717, 1.165) is 41.4 Å². The number of hydrogen-bond acceptors (Lipinski definition) is 6. The van der Waals surface area contributed by atoms with Crippen LogP contribution < -0.4 is 4.90 Å². The van der Waals surface area contributed by atoms with Crippen LogP contribution in [0.15, 0.2) is 42.6 Å². The Hall–Kier alpha value is -2.71. The van der Waals surface area contributed by atoms with Gasteiger partial charge in [-0.25, -0.2) is 9.97 Å². The van der Waals surface area contributed by atoms with Crippen molar-refractivity contribution in [1.29, 1.82) is 0 Å². The first-order valence-electron chi connectivity index (χ1n) is 10.9. The van der Waals surface area contributed by atoms with E-state index in [0.29, 0.717) is 36.8 Å². The third-order valence-corrected chi connectivity index (χ3v) is 7.46. The molecular formula is C23H24ClN5O2S. The number of benzene rings is 1. The number of rotatable bonds is 3. The number of amides is 2. The first-order chi connectivity index (χ1) is 15.6. The van der Waals surface area contributed by atoms with E-state index in [1.807, 2.05) is 17.0 Å². The standard InChI is InChI=1S/C23H24ClN5O2S/c24-18-7-5-16(6-8-18)21(30)29-10-2-3-17(15-29)22(31)27-11-13-28(14-12-27)23-26-19-4-1-9-25-20(19)32-23/h1,4-9,17H,2-3,10-15H2. The highest BCUT2D eigenvalue weighted by atomic mass is 35.5. The van der Waals surface area contributed by atoms with E-state index in [2.05, 4.69) is 14.9 Å². The summed E-state index contributed by atoms with van der Waals surface area (Å²) in [6, 6.07) is 10.8. The maximum atomic E-state index is 13.2. The van der Waals surface area contributed by atoms with Crippen molar-refractivity contribution in [2.45, 2.75) is 12.8 Å². The van der Waals surface area contributed by atoms with Gasteiger partial charge in [-0.15, -0.1) is 0 Å². The predicted molar refractivity (Wildman–Crippen MR) is 126 cm³/mol. The molecule has 1 unspecified atom stereocenters. The largest absolute Gasteiger partial charge is 0.344 e. The van der Waals surface area contributed by atoms with E-state index in [1.54, 1.807) is 46.7 Å². The molecule has 2 aliphatic rings. The molecule has 7 nitrogen and oxygen atoms in total. The Kier molecular flexibility index (Phi) is 5.97. The minimum absolute atomic E-state index is 0.0339. The molecule has 32 heavy (non-hydrogen) atoms. The van der Waals surface area contributed by atoms with Gasteiger partial charge in [0, 0.05) is 56.1 Å². The van der Waals surface area contributed by atoms with E-state index in [9.17, 15) is 9.59 Å². The van der Waals surface area contributed by atoms with Crippen LogP contribution in [0.1, 0.15) is 23.2 Å². The van der Waals surface area contributed by atoms with Gasteiger partial charge >= 0.3 is 0 Å². The molecule has 2 amide bonds. The van der Waals surface area contributed by atoms with Crippen molar-refractivity contribution in [1.82, 2.24) is 19.8 Å². The molecule has 5 rings (SSSR count). The van der Waals surface area contributed by atoms with Crippen LogP contribution in [-0.4, -0.2) is 70.9 Å². The molecule has 0 saturated carbocycles. The summed E-state index contributed by atoms with van der Waals surface area (Å²) in [5, 5.41) is 1.57. The molecule has 4 heterocycles. The number of piperidine rings is 1. The quantitative estimate of drug-likeness (QED) is 0.586. The van der Waals surface area contributed by atoms with E-state index < -0.39 is 0 Å². The van der Waals surface area contributed by atoms with Crippen LogP contribution in [-0.2, 0) is 4.79 Å². The van der Waals surface area contributed by atoms with Crippen LogP contribution in [0.5, 0.6) is 0 Å². The van der Waals surface area contributed by atoms with Gasteiger partial charge < -0.3 is 14.7 Å². The molecule has 0 bridgehead atoms. The summed E-state index contributed by atoms with van der Waals surface area (Å²) in [5.41, 5.74) is 1.53. The molecule has 2 aliphatic heterocycles. The normalized spacial score (nSPS) is 19.4. The SMILES string of the molecule is O=C(c1ccc(Cl)cc1)N1CCCC(C(=O)N2CCN(c3nc4cccnc4s3)CC2)C1. The Bertz CT molecular complexity index is 1090. The van der Waals surface area contributed by atoms with Gasteiger partial charge in [-0.1, -0.05) is 22.9 Å². The molecule has 0 N–H and O–H groups in total. The highest BCUT2D eigenvalue weighted by Gasteiger charge is 2.33. The number of pyridine rings is 1. The van der Waals surface area contributed by atoms with Gasteiger partial charge in [-0.2, -0.15) is 0 Å². The van der Waals surface area contributed by atoms with Crippen molar-refractivity contribution >= 4 is 50.2 Å². The molecule has 0 radical (unpaired) electrons. The zero-order chi connectivity index (χ0) is 22.1. The van der Waals surface area contributed by atoms with Crippen molar-refractivity contribution in [3.63, 3.8) is 0 Å². The Balaban J connectivity index is 1.19. The summed E-state index contributed by atoms with van der Waals surface area (Å²) in [5.74, 6) is -0.0177. The number of piperazine rings is 1. The molecule has 0 aliphatic carbocycles. The minimum Gasteiger partial charge on any atom is -0.344 e. The fourth-order valence-corrected chi connectivity index (χ4v) is 5.49. The van der Waals surface area contributed by atoms with E-state index in [-0.39, 0.29) is 17.7 Å². The number of anilines is 1. The van der Waals surface area contributed by atoms with Crippen molar-refractivity contribution in [2.24, 2.45) is 5.92 Å². The Morgan fingerprint density at radius 3 is 2.53 bits per heavy atom. The molecular weight excluding hydrogens is 446 g/mol. The second kappa shape index (κ2) is 9.03. The molecule has 0 spiro atoms. The highest BCUT2D eigenvalue weighted by molar-refractivity contribution is 7.21. The van der Waals surface area contributed by atoms with Gasteiger partial charge in [-0.05, 0) is 49.2 Å². The van der Waals surface area contributed by atoms with E-state index >= 15 is 0 Å². The summed E-state index contributed by atoms with van der Waals surface area (Å²) in [6.07, 6.45) is 3.45. The lowest BCUT2D eigenvalue weighted by molar-refractivity contribution is -0.137. The number of thiazole rings is 1. The molecule has 1 atom stereocenters. The zero-order valence-electron chi connectivity index (χ0n) is 17.6. The smallest absolute Gasteiger partial charge is 0.253 e. The van der Waals surface area contributed by atoms with Crippen molar-refractivity contribution in [2.75, 3.05) is 44.2 Å². The second-order valence-corrected chi connectivity index (χ2v) is 9.63. The monoisotopic (exact) mass is 469 g/mol. The Labute approximate surface area is 195 Å². The average Bonchev–Trinajstić information content (AvgIpc) is 3.28. The van der Waals surface area contributed by atoms with Crippen LogP contribution in [0, 0.1) is 5.92 Å². The molecule has 2 saturated heterocycles. The maximum absolute atomic E-state index is 13.2. The molecule has 2 fully saturated rings. The summed E-state index contributed by atoms with van der Waals surface area (Å²) < 4.78 is 0. The third-order valence-electron chi connectivity index (χ3n) is 6.17. The number of nitrogens with zero attached hydrogens (tertiary/aromatic N) is 5. The first-order valence-corrected chi connectivity index (χ1v) is 12.1. The second-order valence-electron chi connectivity index (χ2n) is 8.23. The molecule has 2 aromatic heterocycles. The van der Waals surface area contributed by atoms with Crippen LogP contribution in [0.25, 0.3) is 10.3 Å². The molecule has 166 valence electrons. The summed E-state index contributed by atoms with van der Waals surface area (Å²) in [6.45, 7) is 4.01. The fraction of sp³-hybridized carbons (Fsp3) is 0.391. The van der Waals surface area contributed by atoms with Crippen LogP contribution in [0.2, 0.25) is 5.02 Å². The number of carbonyl (C=O) groups excluding carboxylic acids is 2. The van der Waals surface area contributed by atoms with Gasteiger partial charge in [0.2, 0.25) is 5.91 Å². The van der Waals surface area contributed by atoms with Crippen LogP contribution in [0.4, 0.5) is 5.13 Å². The lowest BCUT2D eigenvalue weighted by atomic mass is 9.95. The number of halogens is 1. The Morgan fingerprint density at radius 1 is 1.00 bits per heavy atom. The maximum Gasteiger partial charge on any atom is 0.253 e. The van der Waals surface area contributed by atoms with Gasteiger partial charge in [0.25, 0.3) is 5.91 Å². The van der Waals surface area contributed by atoms with Gasteiger partial charge in [0.05, 0.1) is 5.92 Å². The predicted octanol–water partition coefficient (Wildman–Crippen LogP) is 3.55. The molecule has 3 aromatic rings. The minimum atomic E-state index is -0.141. The zero-order valence-corrected chi connectivity index (χ0v) is 19.2. The molecule has 1 aromatic carbocycles. The first kappa shape index (κ1) is 21.2. The van der Waals surface area contributed by atoms with Crippen molar-refractivity contribution in [3.8, 4) is 0 Å². The van der Waals surface area contributed by atoms with E-state index in [1.165, 1.54) is 0 Å². The van der Waals surface area contributed by atoms with Gasteiger partial charge in [0.1, 0.15) is 10.3 Å². The lowest BCUT2D eigenvalue weighted by Gasteiger charge is -2.39. The van der Waals surface area contributed by atoms with Crippen molar-refractivity contribution < 1.29 is 9.59 Å². The third kappa shape index (κ3) is 4.29. The van der Waals surface area contributed by atoms with Gasteiger partial charge in [-0.3, -0.25) is 9.59 Å². The topological polar surface area (TPSA) is 69.6 Å². The van der Waals surface area contributed by atoms with Crippen molar-refractivity contribution in [3.05, 3.63) is 53.2 Å². The highest BCUT2D eigenvalue weighted by Crippen LogP contribution is 2.28. The number of likely N-dealkylation sites (tertiary alicyclic amines) is 1. The number of fused-ring (bicyclic) bond motifs is 1. The van der Waals surface area contributed by atoms with E-state index in [4.69, 9.17) is 11.6 Å². The fourth-order valence-electron chi connectivity index (χ4n) is 4.41. The summed E-state index contributed by atoms with van der Waals surface area (Å²) in [7, 11) is 0. The van der Waals surface area contributed by atoms with Crippen LogP contribution >= 0.6 is 22.9 Å².